The van der Waals surface area contributed by atoms with Crippen LogP contribution >= 0.6 is 0 Å². The zero-order valence-electron chi connectivity index (χ0n) is 20.2. The number of benzene rings is 2. The van der Waals surface area contributed by atoms with Crippen LogP contribution in [0, 0.1) is 12.3 Å². The molecule has 1 radical (unpaired) electrons. The lowest BCUT2D eigenvalue weighted by Gasteiger charge is -2.27. The topological polar surface area (TPSA) is 0 Å². The molecule has 1 aliphatic rings. The van der Waals surface area contributed by atoms with Crippen molar-refractivity contribution in [3.8, 4) is 11.1 Å². The normalized spacial score (nSPS) is 14.6. The minimum absolute atomic E-state index is 0.122. The molecule has 0 saturated carbocycles. The fourth-order valence-corrected chi connectivity index (χ4v) is 4.10. The molecule has 0 fully saturated rings. The fourth-order valence-electron chi connectivity index (χ4n) is 4.10. The number of rotatable bonds is 3. The quantitative estimate of drug-likeness (QED) is 0.494. The molecular formula is C29H39. The second-order valence-corrected chi connectivity index (χ2v) is 11.4. The molecule has 3 rings (SSSR count). The summed E-state index contributed by atoms with van der Waals surface area (Å²) >= 11 is 0. The van der Waals surface area contributed by atoms with E-state index >= 15 is 0 Å². The highest BCUT2D eigenvalue weighted by molar-refractivity contribution is 5.86. The third-order valence-corrected chi connectivity index (χ3v) is 6.19. The van der Waals surface area contributed by atoms with Crippen molar-refractivity contribution >= 4 is 6.08 Å². The lowest BCUT2D eigenvalue weighted by molar-refractivity contribution is 0.569. The van der Waals surface area contributed by atoms with E-state index in [1.54, 1.807) is 0 Å². The molecule has 1 aliphatic carbocycles. The van der Waals surface area contributed by atoms with Crippen LogP contribution in [0.15, 0.2) is 35.9 Å². The van der Waals surface area contributed by atoms with Gasteiger partial charge in [-0.05, 0) is 61.6 Å². The molecule has 0 spiro atoms. The maximum atomic E-state index is 2.44. The molecule has 0 aromatic heterocycles. The number of hydrogen-bond acceptors (Lipinski definition) is 0. The summed E-state index contributed by atoms with van der Waals surface area (Å²) in [6.45, 7) is 23.1. The first-order valence-corrected chi connectivity index (χ1v) is 11.2. The first-order chi connectivity index (χ1) is 13.3. The van der Waals surface area contributed by atoms with Gasteiger partial charge in [0.2, 0.25) is 0 Å². The van der Waals surface area contributed by atoms with Gasteiger partial charge in [0, 0.05) is 6.42 Å². The van der Waals surface area contributed by atoms with Crippen molar-refractivity contribution in [1.82, 2.24) is 0 Å². The summed E-state index contributed by atoms with van der Waals surface area (Å²) in [5.41, 5.74) is 11.5. The minimum Gasteiger partial charge on any atom is -0.0590 e. The van der Waals surface area contributed by atoms with Crippen LogP contribution < -0.4 is 0 Å². The fraction of sp³-hybridized carbons (Fsp3) is 0.483. The van der Waals surface area contributed by atoms with Crippen LogP contribution in [0.3, 0.4) is 0 Å². The Balaban J connectivity index is 2.35. The molecule has 0 unspecified atom stereocenters. The molecule has 0 aliphatic heterocycles. The minimum atomic E-state index is 0.122. The lowest BCUT2D eigenvalue weighted by Crippen LogP contribution is -2.16. The lowest BCUT2D eigenvalue weighted by atomic mass is 9.77. The van der Waals surface area contributed by atoms with Gasteiger partial charge in [-0.15, -0.1) is 0 Å². The Morgan fingerprint density at radius 1 is 0.690 bits per heavy atom. The van der Waals surface area contributed by atoms with Crippen molar-refractivity contribution in [2.75, 3.05) is 0 Å². The largest absolute Gasteiger partial charge is 0.0590 e. The van der Waals surface area contributed by atoms with E-state index in [9.17, 15) is 0 Å². The Morgan fingerprint density at radius 2 is 1.24 bits per heavy atom. The van der Waals surface area contributed by atoms with Crippen LogP contribution in [0.1, 0.15) is 103 Å². The summed E-state index contributed by atoms with van der Waals surface area (Å²) in [6, 6.07) is 12.0. The molecule has 0 bridgehead atoms. The molecule has 2 aromatic carbocycles. The first-order valence-electron chi connectivity index (χ1n) is 11.2. The number of allylic oxidation sites excluding steroid dienone is 1. The van der Waals surface area contributed by atoms with Gasteiger partial charge >= 0.3 is 0 Å². The summed E-state index contributed by atoms with van der Waals surface area (Å²) in [5.74, 6) is 1.03. The summed E-state index contributed by atoms with van der Waals surface area (Å²) in [4.78, 5) is 0. The molecule has 0 atom stereocenters. The zero-order chi connectivity index (χ0) is 21.7. The summed E-state index contributed by atoms with van der Waals surface area (Å²) < 4.78 is 0. The predicted molar refractivity (Wildman–Crippen MR) is 130 cm³/mol. The van der Waals surface area contributed by atoms with Gasteiger partial charge in [0.05, 0.1) is 0 Å². The molecule has 0 amide bonds. The Morgan fingerprint density at radius 3 is 1.69 bits per heavy atom. The average Bonchev–Trinajstić information content (AvgIpc) is 3.03. The van der Waals surface area contributed by atoms with Gasteiger partial charge in [0.25, 0.3) is 0 Å². The zero-order valence-corrected chi connectivity index (χ0v) is 20.2. The molecule has 155 valence electrons. The van der Waals surface area contributed by atoms with Crippen LogP contribution in [0.25, 0.3) is 17.2 Å². The molecule has 0 N–H and O–H groups in total. The predicted octanol–water partition coefficient (Wildman–Crippen LogP) is 8.68. The van der Waals surface area contributed by atoms with Crippen molar-refractivity contribution < 1.29 is 0 Å². The summed E-state index contributed by atoms with van der Waals surface area (Å²) in [7, 11) is 0. The van der Waals surface area contributed by atoms with E-state index in [0.29, 0.717) is 11.8 Å². The highest BCUT2D eigenvalue weighted by Crippen LogP contribution is 2.43. The highest BCUT2D eigenvalue weighted by atomic mass is 14.3. The van der Waals surface area contributed by atoms with Crippen molar-refractivity contribution in [3.05, 3.63) is 70.1 Å². The third-order valence-electron chi connectivity index (χ3n) is 6.19. The van der Waals surface area contributed by atoms with E-state index in [4.69, 9.17) is 0 Å². The summed E-state index contributed by atoms with van der Waals surface area (Å²) in [6.07, 6.45) is 4.81. The molecule has 0 nitrogen and oxygen atoms in total. The van der Waals surface area contributed by atoms with Crippen molar-refractivity contribution in [1.29, 1.82) is 0 Å². The average molecular weight is 388 g/mol. The maximum Gasteiger partial charge on any atom is 0.0167 e. The second-order valence-electron chi connectivity index (χ2n) is 11.4. The second kappa shape index (κ2) is 7.46. The van der Waals surface area contributed by atoms with E-state index < -0.39 is 0 Å². The number of fused-ring (bicyclic) bond motifs is 1. The van der Waals surface area contributed by atoms with Gasteiger partial charge in [-0.25, -0.2) is 0 Å². The standard InChI is InChI=1S/C29H39/c1-18(2)21-13-20-11-12-25(19(3)4)27(26(20)16-21)22-14-23(28(5,6)7)17-24(15-22)29(8,9)10/h11-19H,1-10H3. The van der Waals surface area contributed by atoms with E-state index in [2.05, 4.69) is 112 Å². The molecule has 0 heterocycles. The van der Waals surface area contributed by atoms with E-state index in [1.807, 2.05) is 0 Å². The van der Waals surface area contributed by atoms with E-state index in [1.165, 1.54) is 44.5 Å². The Kier molecular flexibility index (Phi) is 5.63. The van der Waals surface area contributed by atoms with Gasteiger partial charge in [0.1, 0.15) is 0 Å². The van der Waals surface area contributed by atoms with Crippen molar-refractivity contribution in [3.63, 3.8) is 0 Å². The van der Waals surface area contributed by atoms with Crippen molar-refractivity contribution in [2.45, 2.75) is 86.0 Å². The van der Waals surface area contributed by atoms with Gasteiger partial charge in [0.15, 0.2) is 0 Å². The SMILES string of the molecule is CC(C)C1=Cc2c(ccc(C(C)C)c2-c2cc(C(C)(C)C)cc(C(C)(C)C)c2)[CH]1. The summed E-state index contributed by atoms with van der Waals surface area (Å²) in [5, 5.41) is 0. The Hall–Kier alpha value is -1.82. The highest BCUT2D eigenvalue weighted by Gasteiger charge is 2.25. The van der Waals surface area contributed by atoms with Crippen LogP contribution in [0.2, 0.25) is 0 Å². The van der Waals surface area contributed by atoms with E-state index in [-0.39, 0.29) is 10.8 Å². The van der Waals surface area contributed by atoms with Crippen LogP contribution in [-0.2, 0) is 10.8 Å². The molecular weight excluding hydrogens is 348 g/mol. The third kappa shape index (κ3) is 4.37. The van der Waals surface area contributed by atoms with E-state index in [0.717, 1.165) is 0 Å². The number of hydrogen-bond donors (Lipinski definition) is 0. The van der Waals surface area contributed by atoms with Crippen LogP contribution in [0.5, 0.6) is 0 Å². The monoisotopic (exact) mass is 387 g/mol. The molecule has 29 heavy (non-hydrogen) atoms. The molecule has 0 heteroatoms. The molecule has 2 aromatic rings. The molecule has 0 saturated heterocycles. The van der Waals surface area contributed by atoms with Gasteiger partial charge in [-0.3, -0.25) is 0 Å². The van der Waals surface area contributed by atoms with Gasteiger partial charge in [-0.1, -0.05) is 111 Å². The first kappa shape index (κ1) is 21.9. The Bertz CT molecular complexity index is 905. The van der Waals surface area contributed by atoms with Crippen molar-refractivity contribution in [2.24, 2.45) is 5.92 Å². The maximum absolute atomic E-state index is 2.44. The van der Waals surface area contributed by atoms with Gasteiger partial charge < -0.3 is 0 Å². The Labute approximate surface area is 179 Å². The van der Waals surface area contributed by atoms with Gasteiger partial charge in [-0.2, -0.15) is 0 Å². The van der Waals surface area contributed by atoms with Crippen LogP contribution in [0.4, 0.5) is 0 Å². The van der Waals surface area contributed by atoms with Crippen LogP contribution in [-0.4, -0.2) is 0 Å². The smallest absolute Gasteiger partial charge is 0.0167 e.